The van der Waals surface area contributed by atoms with Gasteiger partial charge in [-0.25, -0.2) is 9.59 Å². The van der Waals surface area contributed by atoms with E-state index >= 15 is 0 Å². The van der Waals surface area contributed by atoms with Gasteiger partial charge in [0.1, 0.15) is 0 Å². The van der Waals surface area contributed by atoms with E-state index < -0.39 is 23.5 Å². The average molecular weight is 408 g/mol. The fourth-order valence-electron chi connectivity index (χ4n) is 2.72. The fraction of sp³-hybridized carbons (Fsp3) is 0.100. The van der Waals surface area contributed by atoms with Crippen molar-refractivity contribution in [2.75, 3.05) is 6.61 Å². The highest BCUT2D eigenvalue weighted by atomic mass is 16.5. The van der Waals surface area contributed by atoms with Crippen LogP contribution < -0.4 is 0 Å². The number of aliphatic carboxylic acids is 1. The summed E-state index contributed by atoms with van der Waals surface area (Å²) in [7, 11) is 0. The number of carboxylic acids is 1. The van der Waals surface area contributed by atoms with Gasteiger partial charge in [-0.05, 0) is 19.1 Å². The van der Waals surface area contributed by atoms with Crippen LogP contribution in [0.3, 0.4) is 0 Å². The van der Waals surface area contributed by atoms with Gasteiger partial charge < -0.3 is 19.8 Å². The number of carboxylic acid groups (broad SMARTS) is 1. The number of aromatic nitrogens is 4. The van der Waals surface area contributed by atoms with Crippen molar-refractivity contribution < 1.29 is 29.0 Å². The molecule has 0 bridgehead atoms. The molecule has 4 aromatic rings. The summed E-state index contributed by atoms with van der Waals surface area (Å²) in [6, 6.07) is 3.41. The smallest absolute Gasteiger partial charge is 0.379 e. The first kappa shape index (κ1) is 20.4. The number of pyridine rings is 2. The summed E-state index contributed by atoms with van der Waals surface area (Å²) < 4.78 is 4.65. The highest BCUT2D eigenvalue weighted by Crippen LogP contribution is 2.18. The molecule has 4 rings (SSSR count). The van der Waals surface area contributed by atoms with Crippen molar-refractivity contribution in [1.82, 2.24) is 19.9 Å². The molecule has 0 atom stereocenters. The van der Waals surface area contributed by atoms with E-state index in [0.717, 1.165) is 5.52 Å². The number of esters is 1. The Labute approximate surface area is 168 Å². The number of rotatable bonds is 5. The molecule has 0 radical (unpaired) electrons. The number of nitrogens with zero attached hydrogens (tertiary/aromatic N) is 2. The second-order valence-electron chi connectivity index (χ2n) is 5.93. The lowest BCUT2D eigenvalue weighted by atomic mass is 10.1. The van der Waals surface area contributed by atoms with Crippen LogP contribution in [-0.2, 0) is 14.3 Å². The van der Waals surface area contributed by atoms with Gasteiger partial charge in [0.05, 0.1) is 17.7 Å². The van der Waals surface area contributed by atoms with Gasteiger partial charge in [-0.1, -0.05) is 0 Å². The molecule has 0 aliphatic rings. The summed E-state index contributed by atoms with van der Waals surface area (Å²) >= 11 is 0. The molecule has 0 amide bonds. The molecule has 0 aliphatic heterocycles. The van der Waals surface area contributed by atoms with Crippen LogP contribution in [0.15, 0.2) is 49.3 Å². The number of hydrogen-bond donors (Lipinski definition) is 3. The van der Waals surface area contributed by atoms with Gasteiger partial charge in [0.15, 0.2) is 0 Å². The SMILES string of the molecule is CCOC(=O)C(=O)c1c[nH]c2ccncc12.O=C(O)C(=O)c1c[nH]c2ccncc12. The number of carbonyl (C=O) groups excluding carboxylic acids is 3. The Morgan fingerprint density at radius 2 is 1.40 bits per heavy atom. The number of carbonyl (C=O) groups is 4. The van der Waals surface area contributed by atoms with Crippen molar-refractivity contribution in [3.63, 3.8) is 0 Å². The van der Waals surface area contributed by atoms with Crippen LogP contribution in [0.1, 0.15) is 27.6 Å². The number of Topliss-reactive ketones (excluding diaryl/α,β-unsaturated/α-hetero) is 2. The highest BCUT2D eigenvalue weighted by molar-refractivity contribution is 6.43. The van der Waals surface area contributed by atoms with E-state index in [1.54, 1.807) is 31.5 Å². The summed E-state index contributed by atoms with van der Waals surface area (Å²) in [5.74, 6) is -3.88. The Hall–Kier alpha value is -4.34. The lowest BCUT2D eigenvalue weighted by molar-refractivity contribution is -0.137. The van der Waals surface area contributed by atoms with Crippen LogP contribution in [0.25, 0.3) is 21.8 Å². The van der Waals surface area contributed by atoms with E-state index in [0.29, 0.717) is 21.9 Å². The number of ether oxygens (including phenoxy) is 1. The Balaban J connectivity index is 0.000000172. The lowest BCUT2D eigenvalue weighted by Gasteiger charge is -1.98. The number of ketones is 2. The van der Waals surface area contributed by atoms with Gasteiger partial charge in [0.25, 0.3) is 11.6 Å². The number of H-pyrrole nitrogens is 2. The molecule has 0 saturated heterocycles. The largest absolute Gasteiger partial charge is 0.475 e. The van der Waals surface area contributed by atoms with Crippen molar-refractivity contribution in [2.24, 2.45) is 0 Å². The molecule has 4 heterocycles. The number of aromatic amines is 2. The lowest BCUT2D eigenvalue weighted by Crippen LogP contribution is -2.17. The van der Waals surface area contributed by atoms with E-state index in [1.807, 2.05) is 0 Å². The minimum absolute atomic E-state index is 0.139. The van der Waals surface area contributed by atoms with E-state index in [-0.39, 0.29) is 12.2 Å². The highest BCUT2D eigenvalue weighted by Gasteiger charge is 2.21. The first-order valence-electron chi connectivity index (χ1n) is 8.75. The molecule has 4 aromatic heterocycles. The molecular formula is C20H16N4O6. The van der Waals surface area contributed by atoms with Crippen LogP contribution in [0.2, 0.25) is 0 Å². The second-order valence-corrected chi connectivity index (χ2v) is 5.93. The predicted molar refractivity (Wildman–Crippen MR) is 105 cm³/mol. The third kappa shape index (κ3) is 4.07. The molecule has 10 heteroatoms. The van der Waals surface area contributed by atoms with E-state index in [2.05, 4.69) is 24.7 Å². The van der Waals surface area contributed by atoms with Crippen LogP contribution in [-0.4, -0.2) is 55.2 Å². The van der Waals surface area contributed by atoms with Crippen molar-refractivity contribution in [3.8, 4) is 0 Å². The first-order chi connectivity index (χ1) is 14.4. The summed E-state index contributed by atoms with van der Waals surface area (Å²) in [5.41, 5.74) is 1.90. The predicted octanol–water partition coefficient (Wildman–Crippen LogP) is 2.14. The normalized spacial score (nSPS) is 10.3. The minimum Gasteiger partial charge on any atom is -0.475 e. The zero-order chi connectivity index (χ0) is 21.7. The third-order valence-corrected chi connectivity index (χ3v) is 4.11. The Morgan fingerprint density at radius 1 is 0.900 bits per heavy atom. The topological polar surface area (TPSA) is 155 Å². The van der Waals surface area contributed by atoms with Gasteiger partial charge in [-0.3, -0.25) is 19.6 Å². The van der Waals surface area contributed by atoms with Gasteiger partial charge >= 0.3 is 11.9 Å². The Morgan fingerprint density at radius 3 is 1.87 bits per heavy atom. The molecule has 3 N–H and O–H groups in total. The molecule has 30 heavy (non-hydrogen) atoms. The third-order valence-electron chi connectivity index (χ3n) is 4.11. The molecular weight excluding hydrogens is 392 g/mol. The van der Waals surface area contributed by atoms with Crippen LogP contribution >= 0.6 is 0 Å². The standard InChI is InChI=1S/C11H10N2O3.C9H6N2O3/c1-2-16-11(15)10(14)8-6-13-9-3-4-12-5-7(8)9;12-8(9(13)14)6-4-11-7-1-2-10-3-5(6)7/h3-6,13H,2H2,1H3;1-4,11H,(H,13,14). The zero-order valence-corrected chi connectivity index (χ0v) is 15.7. The summed E-state index contributed by atoms with van der Waals surface area (Å²) in [5, 5.41) is 9.68. The maximum atomic E-state index is 11.7. The van der Waals surface area contributed by atoms with Crippen LogP contribution in [0.5, 0.6) is 0 Å². The molecule has 0 spiro atoms. The second kappa shape index (κ2) is 8.78. The van der Waals surface area contributed by atoms with Crippen molar-refractivity contribution in [2.45, 2.75) is 6.92 Å². The fourth-order valence-corrected chi connectivity index (χ4v) is 2.72. The van der Waals surface area contributed by atoms with Gasteiger partial charge in [-0.15, -0.1) is 0 Å². The van der Waals surface area contributed by atoms with Gasteiger partial charge in [0, 0.05) is 59.0 Å². The molecule has 152 valence electrons. The number of hydrogen-bond acceptors (Lipinski definition) is 7. The first-order valence-corrected chi connectivity index (χ1v) is 8.75. The monoisotopic (exact) mass is 408 g/mol. The summed E-state index contributed by atoms with van der Waals surface area (Å²) in [4.78, 5) is 58.0. The molecule has 0 aromatic carbocycles. The van der Waals surface area contributed by atoms with Crippen molar-refractivity contribution in [1.29, 1.82) is 0 Å². The Bertz CT molecular complexity index is 1260. The molecule has 0 saturated carbocycles. The quantitative estimate of drug-likeness (QED) is 0.258. The Kier molecular flexibility index (Phi) is 5.97. The van der Waals surface area contributed by atoms with E-state index in [4.69, 9.17) is 5.11 Å². The van der Waals surface area contributed by atoms with Gasteiger partial charge in [0.2, 0.25) is 0 Å². The summed E-state index contributed by atoms with van der Waals surface area (Å²) in [6.45, 7) is 1.84. The van der Waals surface area contributed by atoms with Crippen molar-refractivity contribution in [3.05, 3.63) is 60.4 Å². The zero-order valence-electron chi connectivity index (χ0n) is 15.7. The molecule has 0 unspecified atom stereocenters. The van der Waals surface area contributed by atoms with E-state index in [9.17, 15) is 19.2 Å². The maximum absolute atomic E-state index is 11.7. The summed E-state index contributed by atoms with van der Waals surface area (Å²) in [6.07, 6.45) is 9.04. The maximum Gasteiger partial charge on any atom is 0.379 e. The number of fused-ring (bicyclic) bond motifs is 2. The van der Waals surface area contributed by atoms with Crippen molar-refractivity contribution >= 4 is 45.3 Å². The molecule has 10 nitrogen and oxygen atoms in total. The van der Waals surface area contributed by atoms with Gasteiger partial charge in [-0.2, -0.15) is 0 Å². The van der Waals surface area contributed by atoms with E-state index in [1.165, 1.54) is 24.8 Å². The average Bonchev–Trinajstić information content (AvgIpc) is 3.37. The van der Waals surface area contributed by atoms with Crippen LogP contribution in [0, 0.1) is 0 Å². The van der Waals surface area contributed by atoms with Crippen LogP contribution in [0.4, 0.5) is 0 Å². The molecule has 0 fully saturated rings. The minimum atomic E-state index is -1.46. The number of nitrogens with one attached hydrogen (secondary N) is 2. The molecule has 0 aliphatic carbocycles.